The van der Waals surface area contributed by atoms with Gasteiger partial charge in [-0.1, -0.05) is 141 Å². The first kappa shape index (κ1) is 28.8. The van der Waals surface area contributed by atoms with E-state index in [0.717, 1.165) is 22.8 Å². The van der Waals surface area contributed by atoms with Gasteiger partial charge < -0.3 is 10.2 Å². The smallest absolute Gasteiger partial charge is 0.0591 e. The van der Waals surface area contributed by atoms with Crippen LogP contribution < -0.4 is 10.2 Å². The number of hydrogen-bond donors (Lipinski definition) is 1. The lowest BCUT2D eigenvalue weighted by atomic mass is 9.88. The molecule has 5 aromatic carbocycles. The normalized spacial score (nSPS) is 16.6. The molecule has 0 spiro atoms. The van der Waals surface area contributed by atoms with Crippen molar-refractivity contribution < 1.29 is 0 Å². The molecule has 2 nitrogen and oxygen atoms in total. The van der Waals surface area contributed by atoms with Crippen molar-refractivity contribution in [2.75, 3.05) is 10.2 Å². The van der Waals surface area contributed by atoms with Gasteiger partial charge in [0.25, 0.3) is 0 Å². The van der Waals surface area contributed by atoms with Crippen molar-refractivity contribution in [2.45, 2.75) is 19.9 Å². The molecule has 2 heteroatoms. The third-order valence-electron chi connectivity index (χ3n) is 8.24. The molecule has 2 atom stereocenters. The van der Waals surface area contributed by atoms with Crippen LogP contribution in [0.4, 0.5) is 11.4 Å². The first-order chi connectivity index (χ1) is 21.6. The fourth-order valence-electron chi connectivity index (χ4n) is 5.77. The third-order valence-corrected chi connectivity index (χ3v) is 8.24. The summed E-state index contributed by atoms with van der Waals surface area (Å²) in [6.07, 6.45) is 13.3. The van der Waals surface area contributed by atoms with E-state index in [1.54, 1.807) is 0 Å². The predicted molar refractivity (Wildman–Crippen MR) is 190 cm³/mol. The highest BCUT2D eigenvalue weighted by atomic mass is 15.2. The van der Waals surface area contributed by atoms with E-state index in [1.807, 2.05) is 6.07 Å². The van der Waals surface area contributed by atoms with Crippen molar-refractivity contribution in [3.63, 3.8) is 0 Å². The predicted octanol–water partition coefficient (Wildman–Crippen LogP) is 11.1. The maximum absolute atomic E-state index is 4.61. The largest absolute Gasteiger partial charge is 0.356 e. The Morgan fingerprint density at radius 3 is 2.05 bits per heavy atom. The van der Waals surface area contributed by atoms with Crippen LogP contribution >= 0.6 is 0 Å². The van der Waals surface area contributed by atoms with Gasteiger partial charge in [-0.3, -0.25) is 0 Å². The number of fused-ring (bicyclic) bond motifs is 1. The fourth-order valence-corrected chi connectivity index (χ4v) is 5.77. The molecule has 216 valence electrons. The monoisotopic (exact) mass is 570 g/mol. The lowest BCUT2D eigenvalue weighted by molar-refractivity contribution is 0.601. The minimum atomic E-state index is 0.0982. The number of rotatable bonds is 9. The van der Waals surface area contributed by atoms with Crippen LogP contribution in [0, 0.1) is 5.92 Å². The summed E-state index contributed by atoms with van der Waals surface area (Å²) in [6, 6.07) is 45.0. The number of hydrogen-bond acceptors (Lipinski definition) is 2. The molecule has 5 aromatic rings. The van der Waals surface area contributed by atoms with Crippen LogP contribution in [0.5, 0.6) is 0 Å². The molecule has 0 saturated carbocycles. The number of nitrogens with zero attached hydrogens (tertiary/aromatic N) is 1. The van der Waals surface area contributed by atoms with Gasteiger partial charge in [0.05, 0.1) is 6.04 Å². The van der Waals surface area contributed by atoms with Crippen LogP contribution in [0.15, 0.2) is 182 Å². The van der Waals surface area contributed by atoms with Crippen molar-refractivity contribution >= 4 is 27.7 Å². The van der Waals surface area contributed by atoms with E-state index in [-0.39, 0.29) is 6.04 Å². The maximum Gasteiger partial charge on any atom is 0.0591 e. The second-order valence-electron chi connectivity index (χ2n) is 11.2. The molecule has 0 amide bonds. The van der Waals surface area contributed by atoms with E-state index in [4.69, 9.17) is 0 Å². The summed E-state index contributed by atoms with van der Waals surface area (Å²) in [7, 11) is 0. The molecule has 6 rings (SSSR count). The first-order valence-electron chi connectivity index (χ1n) is 15.3. The Kier molecular flexibility index (Phi) is 8.70. The number of anilines is 2. The molecule has 0 aromatic heterocycles. The topological polar surface area (TPSA) is 15.3 Å². The molecule has 0 bridgehead atoms. The molecule has 2 unspecified atom stereocenters. The summed E-state index contributed by atoms with van der Waals surface area (Å²) in [5, 5.41) is 6.02. The minimum Gasteiger partial charge on any atom is -0.356 e. The lowest BCUT2D eigenvalue weighted by Gasteiger charge is -2.37. The molecular formula is C42H38N2. The van der Waals surface area contributed by atoms with Crippen LogP contribution in [-0.2, 0) is 0 Å². The van der Waals surface area contributed by atoms with Gasteiger partial charge in [0.2, 0.25) is 0 Å². The Balaban J connectivity index is 1.29. The van der Waals surface area contributed by atoms with Gasteiger partial charge in [0.15, 0.2) is 0 Å². The van der Waals surface area contributed by atoms with Crippen LogP contribution in [0.1, 0.15) is 19.4 Å². The van der Waals surface area contributed by atoms with E-state index < -0.39 is 0 Å². The van der Waals surface area contributed by atoms with Crippen molar-refractivity contribution in [1.29, 1.82) is 0 Å². The molecule has 1 N–H and O–H groups in total. The van der Waals surface area contributed by atoms with Gasteiger partial charge in [-0.25, -0.2) is 0 Å². The van der Waals surface area contributed by atoms with E-state index in [9.17, 15) is 0 Å². The maximum atomic E-state index is 4.61. The van der Waals surface area contributed by atoms with Gasteiger partial charge in [0.1, 0.15) is 0 Å². The average Bonchev–Trinajstić information content (AvgIpc) is 3.08. The fraction of sp³-hybridized carbons (Fsp3) is 0.0952. The summed E-state index contributed by atoms with van der Waals surface area (Å²) >= 11 is 0. The highest BCUT2D eigenvalue weighted by Crippen LogP contribution is 2.34. The van der Waals surface area contributed by atoms with Gasteiger partial charge in [-0.2, -0.15) is 0 Å². The molecule has 0 fully saturated rings. The van der Waals surface area contributed by atoms with Gasteiger partial charge in [-0.15, -0.1) is 0 Å². The Hall–Kier alpha value is -5.34. The van der Waals surface area contributed by atoms with Crippen molar-refractivity contribution in [1.82, 2.24) is 0 Å². The third kappa shape index (κ3) is 6.50. The first-order valence-corrected chi connectivity index (χ1v) is 15.3. The molecule has 0 saturated heterocycles. The summed E-state index contributed by atoms with van der Waals surface area (Å²) in [6.45, 7) is 8.94. The summed E-state index contributed by atoms with van der Waals surface area (Å²) in [5.74, 6) is 0.293. The summed E-state index contributed by atoms with van der Waals surface area (Å²) in [5.41, 5.74) is 8.97. The molecule has 1 aliphatic rings. The van der Waals surface area contributed by atoms with Crippen LogP contribution in [0.25, 0.3) is 27.5 Å². The Labute approximate surface area is 261 Å². The van der Waals surface area contributed by atoms with Crippen LogP contribution in [-0.4, -0.2) is 6.04 Å². The van der Waals surface area contributed by atoms with Crippen LogP contribution in [0.3, 0.4) is 0 Å². The second-order valence-corrected chi connectivity index (χ2v) is 11.2. The molecule has 0 aliphatic heterocycles. The highest BCUT2D eigenvalue weighted by Gasteiger charge is 2.26. The van der Waals surface area contributed by atoms with Gasteiger partial charge in [0, 0.05) is 22.8 Å². The average molecular weight is 571 g/mol. The number of allylic oxidation sites excluding steroid dienone is 5. The molecule has 0 heterocycles. The summed E-state index contributed by atoms with van der Waals surface area (Å²) < 4.78 is 0. The Morgan fingerprint density at radius 2 is 1.34 bits per heavy atom. The van der Waals surface area contributed by atoms with Crippen molar-refractivity contribution in [3.05, 3.63) is 187 Å². The molecule has 1 aliphatic carbocycles. The zero-order valence-electron chi connectivity index (χ0n) is 25.4. The van der Waals surface area contributed by atoms with Crippen molar-refractivity contribution in [3.8, 4) is 11.1 Å². The van der Waals surface area contributed by atoms with Crippen LogP contribution in [0.2, 0.25) is 0 Å². The minimum absolute atomic E-state index is 0.0982. The molecular weight excluding hydrogens is 532 g/mol. The SMILES string of the molecule is C=C(/C=C\C(=C/C)Nc1ccc(-c2ccccc2)cc1)N(c1ccc2ccccc2c1)C1C=C(c2ccccc2)C=CC1C. The van der Waals surface area contributed by atoms with E-state index in [0.29, 0.717) is 5.92 Å². The van der Waals surface area contributed by atoms with Gasteiger partial charge >= 0.3 is 0 Å². The molecule has 44 heavy (non-hydrogen) atoms. The highest BCUT2D eigenvalue weighted by molar-refractivity contribution is 5.87. The van der Waals surface area contributed by atoms with Gasteiger partial charge in [-0.05, 0) is 82.3 Å². The standard InChI is InChI=1S/C42H38N2/c1-4-39(43-40-26-22-36(23-27-40)33-13-7-5-8-14-33)25-20-32(3)44(41-28-24-35-17-11-12-18-37(35)29-41)42-30-38(21-19-31(42)2)34-15-9-6-10-16-34/h4-31,42-43H,3H2,1-2H3/b25-20-,39-4+. The van der Waals surface area contributed by atoms with E-state index >= 15 is 0 Å². The van der Waals surface area contributed by atoms with E-state index in [2.05, 4.69) is 188 Å². The number of nitrogens with one attached hydrogen (secondary N) is 1. The number of benzene rings is 5. The lowest BCUT2D eigenvalue weighted by Crippen LogP contribution is -2.38. The Morgan fingerprint density at radius 1 is 0.705 bits per heavy atom. The molecule has 0 radical (unpaired) electrons. The Bertz CT molecular complexity index is 1860. The van der Waals surface area contributed by atoms with E-state index in [1.165, 1.54) is 33.0 Å². The zero-order chi connectivity index (χ0) is 30.3. The zero-order valence-corrected chi connectivity index (χ0v) is 25.4. The van der Waals surface area contributed by atoms with Crippen molar-refractivity contribution in [2.24, 2.45) is 5.92 Å². The second kappa shape index (κ2) is 13.3. The summed E-state index contributed by atoms with van der Waals surface area (Å²) in [4.78, 5) is 2.38. The quantitative estimate of drug-likeness (QED) is 0.177.